The van der Waals surface area contributed by atoms with Crippen molar-refractivity contribution >= 4 is 17.6 Å². The molecule has 0 saturated carbocycles. The summed E-state index contributed by atoms with van der Waals surface area (Å²) in [5.74, 6) is 0.121. The molecular formula is C16H22FN3O2. The number of nitrogens with one attached hydrogen (secondary N) is 2. The normalized spacial score (nSPS) is 17.9. The van der Waals surface area contributed by atoms with Gasteiger partial charge in [0.05, 0.1) is 6.04 Å². The van der Waals surface area contributed by atoms with Gasteiger partial charge in [0.15, 0.2) is 0 Å². The number of urea groups is 1. The number of carbonyl (C=O) groups excluding carboxylic acids is 2. The van der Waals surface area contributed by atoms with E-state index in [4.69, 9.17) is 0 Å². The van der Waals surface area contributed by atoms with Crippen molar-refractivity contribution in [2.75, 3.05) is 18.0 Å². The van der Waals surface area contributed by atoms with Gasteiger partial charge >= 0.3 is 6.03 Å². The van der Waals surface area contributed by atoms with Crippen molar-refractivity contribution < 1.29 is 14.0 Å². The average Bonchev–Trinajstić information content (AvgIpc) is 2.80. The second-order valence-corrected chi connectivity index (χ2v) is 5.96. The molecule has 1 aromatic carbocycles. The Labute approximate surface area is 129 Å². The molecule has 5 nitrogen and oxygen atoms in total. The summed E-state index contributed by atoms with van der Waals surface area (Å²) in [5, 5.41) is 5.60. The molecule has 120 valence electrons. The molecule has 0 aliphatic carbocycles. The maximum atomic E-state index is 12.9. The molecule has 1 fully saturated rings. The lowest BCUT2D eigenvalue weighted by Crippen LogP contribution is -2.43. The average molecular weight is 307 g/mol. The summed E-state index contributed by atoms with van der Waals surface area (Å²) in [4.78, 5) is 25.4. The van der Waals surface area contributed by atoms with Crippen LogP contribution in [0.15, 0.2) is 24.3 Å². The van der Waals surface area contributed by atoms with E-state index >= 15 is 0 Å². The van der Waals surface area contributed by atoms with Crippen molar-refractivity contribution in [1.29, 1.82) is 0 Å². The third-order valence-corrected chi connectivity index (χ3v) is 3.61. The van der Waals surface area contributed by atoms with Crippen LogP contribution in [0.2, 0.25) is 0 Å². The van der Waals surface area contributed by atoms with Crippen LogP contribution in [0, 0.1) is 11.7 Å². The first kappa shape index (κ1) is 16.3. The number of halogens is 1. The second kappa shape index (κ2) is 7.24. The van der Waals surface area contributed by atoms with Crippen molar-refractivity contribution in [2.45, 2.75) is 32.7 Å². The number of carbonyl (C=O) groups is 2. The van der Waals surface area contributed by atoms with Crippen LogP contribution in [0.5, 0.6) is 0 Å². The number of benzene rings is 1. The van der Waals surface area contributed by atoms with Crippen LogP contribution >= 0.6 is 0 Å². The fraction of sp³-hybridized carbons (Fsp3) is 0.500. The molecule has 1 unspecified atom stereocenters. The van der Waals surface area contributed by atoms with Crippen LogP contribution in [0.3, 0.4) is 0 Å². The van der Waals surface area contributed by atoms with Gasteiger partial charge in [-0.25, -0.2) is 9.18 Å². The van der Waals surface area contributed by atoms with E-state index in [-0.39, 0.29) is 30.2 Å². The first-order valence-corrected chi connectivity index (χ1v) is 7.56. The number of nitrogens with zero attached hydrogens (tertiary/aromatic N) is 1. The lowest BCUT2D eigenvalue weighted by atomic mass is 10.1. The predicted molar refractivity (Wildman–Crippen MR) is 83.1 cm³/mol. The third kappa shape index (κ3) is 4.44. The molecule has 2 rings (SSSR count). The Hall–Kier alpha value is -2.11. The fourth-order valence-corrected chi connectivity index (χ4v) is 2.39. The molecule has 1 aromatic rings. The topological polar surface area (TPSA) is 61.4 Å². The lowest BCUT2D eigenvalue weighted by Gasteiger charge is -2.17. The van der Waals surface area contributed by atoms with Crippen molar-refractivity contribution in [1.82, 2.24) is 10.6 Å². The Morgan fingerprint density at radius 1 is 1.36 bits per heavy atom. The highest BCUT2D eigenvalue weighted by atomic mass is 19.1. The number of hydrogen-bond donors (Lipinski definition) is 2. The van der Waals surface area contributed by atoms with E-state index in [9.17, 15) is 14.0 Å². The van der Waals surface area contributed by atoms with Gasteiger partial charge < -0.3 is 15.5 Å². The summed E-state index contributed by atoms with van der Waals surface area (Å²) < 4.78 is 12.9. The molecule has 0 radical (unpaired) electrons. The zero-order valence-corrected chi connectivity index (χ0v) is 12.9. The van der Waals surface area contributed by atoms with Crippen LogP contribution in [0.4, 0.5) is 14.9 Å². The Morgan fingerprint density at radius 2 is 2.05 bits per heavy atom. The minimum Gasteiger partial charge on any atom is -0.338 e. The molecule has 1 aliphatic rings. The van der Waals surface area contributed by atoms with E-state index in [1.807, 2.05) is 0 Å². The molecule has 1 aliphatic heterocycles. The quantitative estimate of drug-likeness (QED) is 0.876. The lowest BCUT2D eigenvalue weighted by molar-refractivity contribution is -0.117. The number of anilines is 1. The van der Waals surface area contributed by atoms with Gasteiger partial charge in [-0.1, -0.05) is 13.8 Å². The molecule has 0 spiro atoms. The molecule has 1 saturated heterocycles. The standard InChI is InChI=1S/C16H22FN3O2/c1-11(2)7-8-18-16(22)19-13-9-15(21)20(10-13)14-5-3-12(17)4-6-14/h3-6,11,13H,7-10H2,1-2H3,(H2,18,19,22). The Kier molecular flexibility index (Phi) is 5.35. The largest absolute Gasteiger partial charge is 0.338 e. The molecule has 0 aromatic heterocycles. The predicted octanol–water partition coefficient (Wildman–Crippen LogP) is 2.28. The molecule has 2 N–H and O–H groups in total. The summed E-state index contributed by atoms with van der Waals surface area (Å²) >= 11 is 0. The van der Waals surface area contributed by atoms with Crippen molar-refractivity contribution in [3.8, 4) is 0 Å². The minimum atomic E-state index is -0.338. The monoisotopic (exact) mass is 307 g/mol. The molecule has 22 heavy (non-hydrogen) atoms. The van der Waals surface area contributed by atoms with E-state index in [0.717, 1.165) is 6.42 Å². The van der Waals surface area contributed by atoms with E-state index in [0.29, 0.717) is 24.7 Å². The molecule has 6 heteroatoms. The van der Waals surface area contributed by atoms with Crippen LogP contribution in [0.25, 0.3) is 0 Å². The number of rotatable bonds is 5. The van der Waals surface area contributed by atoms with Gasteiger partial charge in [0.1, 0.15) is 5.82 Å². The van der Waals surface area contributed by atoms with Gasteiger partial charge in [0, 0.05) is 25.2 Å². The van der Waals surface area contributed by atoms with Gasteiger partial charge in [0.2, 0.25) is 5.91 Å². The second-order valence-electron chi connectivity index (χ2n) is 5.96. The first-order chi connectivity index (χ1) is 10.5. The van der Waals surface area contributed by atoms with Gasteiger partial charge in [-0.2, -0.15) is 0 Å². The molecule has 0 bridgehead atoms. The van der Waals surface area contributed by atoms with E-state index in [1.54, 1.807) is 17.0 Å². The summed E-state index contributed by atoms with van der Waals surface area (Å²) in [6.07, 6.45) is 1.17. The van der Waals surface area contributed by atoms with Crippen LogP contribution in [0.1, 0.15) is 26.7 Å². The van der Waals surface area contributed by atoms with E-state index in [2.05, 4.69) is 24.5 Å². The maximum absolute atomic E-state index is 12.9. The minimum absolute atomic E-state index is 0.0703. The summed E-state index contributed by atoms with van der Waals surface area (Å²) in [5.41, 5.74) is 0.649. The highest BCUT2D eigenvalue weighted by Crippen LogP contribution is 2.21. The third-order valence-electron chi connectivity index (χ3n) is 3.61. The van der Waals surface area contributed by atoms with Crippen LogP contribution in [-0.4, -0.2) is 31.1 Å². The van der Waals surface area contributed by atoms with Gasteiger partial charge in [-0.3, -0.25) is 4.79 Å². The Morgan fingerprint density at radius 3 is 2.68 bits per heavy atom. The smallest absolute Gasteiger partial charge is 0.315 e. The number of amides is 3. The first-order valence-electron chi connectivity index (χ1n) is 7.56. The van der Waals surface area contributed by atoms with E-state index < -0.39 is 0 Å². The summed E-state index contributed by atoms with van der Waals surface area (Å²) in [7, 11) is 0. The van der Waals surface area contributed by atoms with Crippen molar-refractivity contribution in [3.63, 3.8) is 0 Å². The maximum Gasteiger partial charge on any atom is 0.315 e. The Bertz CT molecular complexity index is 531. The van der Waals surface area contributed by atoms with Crippen LogP contribution < -0.4 is 15.5 Å². The van der Waals surface area contributed by atoms with Gasteiger partial charge in [-0.05, 0) is 36.6 Å². The molecular weight excluding hydrogens is 285 g/mol. The zero-order chi connectivity index (χ0) is 16.1. The van der Waals surface area contributed by atoms with Crippen molar-refractivity contribution in [3.05, 3.63) is 30.1 Å². The molecule has 1 heterocycles. The highest BCUT2D eigenvalue weighted by molar-refractivity contribution is 5.96. The molecule has 1 atom stereocenters. The van der Waals surface area contributed by atoms with Crippen molar-refractivity contribution in [2.24, 2.45) is 5.92 Å². The highest BCUT2D eigenvalue weighted by Gasteiger charge is 2.31. The Balaban J connectivity index is 1.84. The zero-order valence-electron chi connectivity index (χ0n) is 12.9. The van der Waals surface area contributed by atoms with Gasteiger partial charge in [-0.15, -0.1) is 0 Å². The summed E-state index contributed by atoms with van der Waals surface area (Å²) in [6, 6.07) is 5.30. The SMILES string of the molecule is CC(C)CCNC(=O)NC1CC(=O)N(c2ccc(F)cc2)C1. The number of hydrogen-bond acceptors (Lipinski definition) is 2. The summed E-state index contributed by atoms with van der Waals surface area (Å²) in [6.45, 7) is 5.21. The van der Waals surface area contributed by atoms with E-state index in [1.165, 1.54) is 12.1 Å². The van der Waals surface area contributed by atoms with Crippen LogP contribution in [-0.2, 0) is 4.79 Å². The fourth-order valence-electron chi connectivity index (χ4n) is 2.39. The molecule has 3 amide bonds. The van der Waals surface area contributed by atoms with Gasteiger partial charge in [0.25, 0.3) is 0 Å².